The quantitative estimate of drug-likeness (QED) is 0.415. The van der Waals surface area contributed by atoms with Crippen molar-refractivity contribution in [2.75, 3.05) is 7.11 Å². The molecule has 8 heteroatoms. The molecule has 0 saturated carbocycles. The predicted octanol–water partition coefficient (Wildman–Crippen LogP) is 3.32. The van der Waals surface area contributed by atoms with Gasteiger partial charge in [-0.25, -0.2) is 9.78 Å². The van der Waals surface area contributed by atoms with E-state index in [-0.39, 0.29) is 22.4 Å². The molecule has 112 valence electrons. The molecule has 0 fully saturated rings. The maximum atomic E-state index is 12.2. The topological polar surface area (TPSA) is 73.8 Å². The van der Waals surface area contributed by atoms with Crippen molar-refractivity contribution in [3.05, 3.63) is 52.2 Å². The van der Waals surface area contributed by atoms with Crippen molar-refractivity contribution >= 4 is 45.7 Å². The number of methoxy groups -OCH3 is 1. The summed E-state index contributed by atoms with van der Waals surface area (Å²) in [6, 6.07) is 3.03. The molecule has 22 heavy (non-hydrogen) atoms. The number of carbonyl (C=O) groups is 2. The van der Waals surface area contributed by atoms with E-state index in [0.29, 0.717) is 10.7 Å². The molecular formula is C14H9ClN2O4S. The molecule has 0 unspecified atom stereocenters. The zero-order chi connectivity index (χ0) is 15.7. The largest absolute Gasteiger partial charge is 0.463 e. The van der Waals surface area contributed by atoms with Crippen LogP contribution in [0.25, 0.3) is 11.0 Å². The third-order valence-electron chi connectivity index (χ3n) is 2.87. The van der Waals surface area contributed by atoms with Crippen LogP contribution in [0.2, 0.25) is 5.15 Å². The number of aromatic nitrogens is 2. The monoisotopic (exact) mass is 336 g/mol. The van der Waals surface area contributed by atoms with E-state index in [1.807, 2.05) is 5.38 Å². The molecule has 0 radical (unpaired) electrons. The first-order chi connectivity index (χ1) is 10.6. The Balaban J connectivity index is 1.84. The second kappa shape index (κ2) is 5.78. The first-order valence-electron chi connectivity index (χ1n) is 6.12. The molecule has 0 spiro atoms. The summed E-state index contributed by atoms with van der Waals surface area (Å²) in [5.74, 6) is -0.468. The Morgan fingerprint density at radius 1 is 1.45 bits per heavy atom. The van der Waals surface area contributed by atoms with Gasteiger partial charge in [-0.1, -0.05) is 11.6 Å². The molecule has 0 atom stereocenters. The van der Waals surface area contributed by atoms with Crippen molar-refractivity contribution in [3.8, 4) is 0 Å². The lowest BCUT2D eigenvalue weighted by molar-refractivity contribution is 0.0564. The SMILES string of the molecule is COC(=O)c1ccc(/C=C/C(=O)c2c(Cl)nc3sccn23)o1. The van der Waals surface area contributed by atoms with E-state index in [0.717, 1.165) is 0 Å². The predicted molar refractivity (Wildman–Crippen MR) is 81.5 cm³/mol. The van der Waals surface area contributed by atoms with E-state index in [1.165, 1.54) is 36.7 Å². The van der Waals surface area contributed by atoms with Crippen LogP contribution in [0.4, 0.5) is 0 Å². The van der Waals surface area contributed by atoms with Crippen molar-refractivity contribution in [2.45, 2.75) is 0 Å². The summed E-state index contributed by atoms with van der Waals surface area (Å²) in [4.78, 5) is 28.3. The first kappa shape index (κ1) is 14.6. The number of nitrogens with zero attached hydrogens (tertiary/aromatic N) is 2. The number of esters is 1. The second-order valence-electron chi connectivity index (χ2n) is 4.20. The molecule has 0 amide bonds. The van der Waals surface area contributed by atoms with Crippen molar-refractivity contribution < 1.29 is 18.7 Å². The number of thiazole rings is 1. The highest BCUT2D eigenvalue weighted by Gasteiger charge is 2.17. The normalized spacial score (nSPS) is 11.4. The van der Waals surface area contributed by atoms with E-state index < -0.39 is 5.97 Å². The fraction of sp³-hybridized carbons (Fsp3) is 0.0714. The van der Waals surface area contributed by atoms with Gasteiger partial charge in [0.25, 0.3) is 0 Å². The van der Waals surface area contributed by atoms with Crippen LogP contribution in [-0.4, -0.2) is 28.2 Å². The molecule has 0 bridgehead atoms. The minimum Gasteiger partial charge on any atom is -0.463 e. The molecular weight excluding hydrogens is 328 g/mol. The van der Waals surface area contributed by atoms with Gasteiger partial charge < -0.3 is 9.15 Å². The van der Waals surface area contributed by atoms with Gasteiger partial charge in [-0.2, -0.15) is 0 Å². The number of imidazole rings is 1. The Morgan fingerprint density at radius 2 is 2.27 bits per heavy atom. The van der Waals surface area contributed by atoms with Gasteiger partial charge in [0.05, 0.1) is 7.11 Å². The average Bonchev–Trinajstić information content (AvgIpc) is 3.19. The number of ether oxygens (including phenoxy) is 1. The molecule has 0 N–H and O–H groups in total. The summed E-state index contributed by atoms with van der Waals surface area (Å²) in [5, 5.41) is 1.96. The van der Waals surface area contributed by atoms with Gasteiger partial charge in [0, 0.05) is 11.6 Å². The van der Waals surface area contributed by atoms with E-state index >= 15 is 0 Å². The lowest BCUT2D eigenvalue weighted by Gasteiger charge is -1.94. The number of allylic oxidation sites excluding steroid dienone is 1. The summed E-state index contributed by atoms with van der Waals surface area (Å²) in [5.41, 5.74) is 0.286. The first-order valence-corrected chi connectivity index (χ1v) is 7.37. The summed E-state index contributed by atoms with van der Waals surface area (Å²) in [7, 11) is 1.26. The lowest BCUT2D eigenvalue weighted by Crippen LogP contribution is -1.99. The van der Waals surface area contributed by atoms with E-state index in [1.54, 1.807) is 16.7 Å². The fourth-order valence-corrected chi connectivity index (χ4v) is 2.90. The second-order valence-corrected chi connectivity index (χ2v) is 5.43. The molecule has 3 aromatic heterocycles. The number of carbonyl (C=O) groups excluding carboxylic acids is 2. The molecule has 0 aliphatic heterocycles. The van der Waals surface area contributed by atoms with Crippen LogP contribution in [0.5, 0.6) is 0 Å². The van der Waals surface area contributed by atoms with Crippen LogP contribution in [0.1, 0.15) is 26.8 Å². The number of furan rings is 1. The van der Waals surface area contributed by atoms with Crippen LogP contribution in [0.3, 0.4) is 0 Å². The van der Waals surface area contributed by atoms with Crippen molar-refractivity contribution in [3.63, 3.8) is 0 Å². The fourth-order valence-electron chi connectivity index (χ4n) is 1.87. The Bertz CT molecular complexity index is 890. The zero-order valence-electron chi connectivity index (χ0n) is 11.3. The van der Waals surface area contributed by atoms with Gasteiger partial charge in [0.2, 0.25) is 11.5 Å². The van der Waals surface area contributed by atoms with Crippen LogP contribution < -0.4 is 0 Å². The number of rotatable bonds is 4. The minimum absolute atomic E-state index is 0.0669. The average molecular weight is 337 g/mol. The third kappa shape index (κ3) is 2.56. The van der Waals surface area contributed by atoms with Gasteiger partial charge in [0.15, 0.2) is 10.1 Å². The van der Waals surface area contributed by atoms with E-state index in [2.05, 4.69) is 9.72 Å². The Morgan fingerprint density at radius 3 is 3.05 bits per heavy atom. The number of fused-ring (bicyclic) bond motifs is 1. The molecule has 3 rings (SSSR count). The Hall–Kier alpha value is -2.38. The van der Waals surface area contributed by atoms with Crippen LogP contribution in [0, 0.1) is 0 Å². The molecule has 0 aliphatic carbocycles. The molecule has 0 saturated heterocycles. The van der Waals surface area contributed by atoms with Gasteiger partial charge in [-0.05, 0) is 24.3 Å². The molecule has 0 aromatic carbocycles. The summed E-state index contributed by atoms with van der Waals surface area (Å²) in [6.07, 6.45) is 4.49. The standard InChI is InChI=1S/C14H9ClN2O4S/c1-20-13(19)10-5-3-8(21-10)2-4-9(18)11-12(15)16-14-17(11)6-7-22-14/h2-7H,1H3/b4-2+. The highest BCUT2D eigenvalue weighted by Crippen LogP contribution is 2.22. The highest BCUT2D eigenvalue weighted by molar-refractivity contribution is 7.15. The number of hydrogen-bond acceptors (Lipinski definition) is 6. The molecule has 0 aliphatic rings. The van der Waals surface area contributed by atoms with Crippen molar-refractivity contribution in [1.82, 2.24) is 9.38 Å². The van der Waals surface area contributed by atoms with Gasteiger partial charge >= 0.3 is 5.97 Å². The zero-order valence-corrected chi connectivity index (χ0v) is 12.9. The molecule has 3 heterocycles. The summed E-state index contributed by atoms with van der Waals surface area (Å²) >= 11 is 7.37. The summed E-state index contributed by atoms with van der Waals surface area (Å²) < 4.78 is 11.4. The third-order valence-corrected chi connectivity index (χ3v) is 3.89. The van der Waals surface area contributed by atoms with Gasteiger partial charge in [-0.3, -0.25) is 9.20 Å². The Labute approximate surface area is 133 Å². The maximum absolute atomic E-state index is 12.2. The molecule has 6 nitrogen and oxygen atoms in total. The van der Waals surface area contributed by atoms with Crippen molar-refractivity contribution in [1.29, 1.82) is 0 Å². The minimum atomic E-state index is -0.579. The van der Waals surface area contributed by atoms with Gasteiger partial charge in [-0.15, -0.1) is 11.3 Å². The summed E-state index contributed by atoms with van der Waals surface area (Å²) in [6.45, 7) is 0. The van der Waals surface area contributed by atoms with E-state index in [9.17, 15) is 9.59 Å². The highest BCUT2D eigenvalue weighted by atomic mass is 35.5. The maximum Gasteiger partial charge on any atom is 0.373 e. The number of halogens is 1. The van der Waals surface area contributed by atoms with Crippen LogP contribution >= 0.6 is 22.9 Å². The number of ketones is 1. The van der Waals surface area contributed by atoms with E-state index in [4.69, 9.17) is 16.0 Å². The number of hydrogen-bond donors (Lipinski definition) is 0. The van der Waals surface area contributed by atoms with Crippen LogP contribution in [0.15, 0.2) is 34.2 Å². The molecule has 3 aromatic rings. The van der Waals surface area contributed by atoms with Gasteiger partial charge in [0.1, 0.15) is 11.5 Å². The lowest BCUT2D eigenvalue weighted by atomic mass is 10.2. The van der Waals surface area contributed by atoms with Crippen molar-refractivity contribution in [2.24, 2.45) is 0 Å². The van der Waals surface area contributed by atoms with Crippen LogP contribution in [-0.2, 0) is 4.74 Å². The Kier molecular flexibility index (Phi) is 3.82. The smallest absolute Gasteiger partial charge is 0.373 e.